The Balaban J connectivity index is 1.92. The molecule has 4 rings (SSSR count). The van der Waals surface area contributed by atoms with Gasteiger partial charge in [-0.05, 0) is 18.2 Å². The molecule has 0 radical (unpaired) electrons. The minimum Gasteiger partial charge on any atom is -0.475 e. The Morgan fingerprint density at radius 2 is 1.86 bits per heavy atom. The molecule has 5 nitrogen and oxygen atoms in total. The first-order valence-corrected chi connectivity index (χ1v) is 6.43. The van der Waals surface area contributed by atoms with E-state index in [1.165, 1.54) is 6.07 Å². The fourth-order valence-electron chi connectivity index (χ4n) is 2.52. The molecule has 0 atom stereocenters. The van der Waals surface area contributed by atoms with E-state index in [9.17, 15) is 4.79 Å². The van der Waals surface area contributed by atoms with Crippen LogP contribution in [-0.4, -0.2) is 21.2 Å². The predicted octanol–water partition coefficient (Wildman–Crippen LogP) is 3.67. The van der Waals surface area contributed by atoms with E-state index in [1.807, 2.05) is 42.5 Å². The summed E-state index contributed by atoms with van der Waals surface area (Å²) < 4.78 is 4.80. The molecule has 0 saturated carbocycles. The molecule has 2 heterocycles. The molecule has 102 valence electrons. The van der Waals surface area contributed by atoms with E-state index >= 15 is 0 Å². The van der Waals surface area contributed by atoms with Gasteiger partial charge in [0, 0.05) is 33.4 Å². The fourth-order valence-corrected chi connectivity index (χ4v) is 2.52. The fraction of sp³-hybridized carbons (Fsp3) is 0. The summed E-state index contributed by atoms with van der Waals surface area (Å²) in [7, 11) is 0. The summed E-state index contributed by atoms with van der Waals surface area (Å²) in [4.78, 5) is 14.2. The average Bonchev–Trinajstić information content (AvgIpc) is 3.11. The highest BCUT2D eigenvalue weighted by Crippen LogP contribution is 2.29. The van der Waals surface area contributed by atoms with E-state index in [0.717, 1.165) is 27.4 Å². The van der Waals surface area contributed by atoms with E-state index < -0.39 is 5.97 Å². The number of aromatic nitrogens is 2. The van der Waals surface area contributed by atoms with E-state index in [-0.39, 0.29) is 5.76 Å². The molecule has 0 unspecified atom stereocenters. The van der Waals surface area contributed by atoms with E-state index in [2.05, 4.69) is 10.1 Å². The van der Waals surface area contributed by atoms with Crippen molar-refractivity contribution in [1.82, 2.24) is 10.1 Å². The molecule has 21 heavy (non-hydrogen) atoms. The first-order valence-electron chi connectivity index (χ1n) is 6.43. The second-order valence-electron chi connectivity index (χ2n) is 4.81. The van der Waals surface area contributed by atoms with Crippen LogP contribution in [0.3, 0.4) is 0 Å². The zero-order chi connectivity index (χ0) is 14.4. The van der Waals surface area contributed by atoms with Crippen LogP contribution in [0.25, 0.3) is 33.1 Å². The highest BCUT2D eigenvalue weighted by Gasteiger charge is 2.13. The summed E-state index contributed by atoms with van der Waals surface area (Å²) in [5, 5.41) is 14.9. The van der Waals surface area contributed by atoms with Gasteiger partial charge in [-0.2, -0.15) is 0 Å². The zero-order valence-corrected chi connectivity index (χ0v) is 10.8. The van der Waals surface area contributed by atoms with Crippen LogP contribution >= 0.6 is 0 Å². The molecule has 0 aliphatic rings. The number of H-pyrrole nitrogens is 1. The number of aromatic amines is 1. The normalized spacial score (nSPS) is 11.2. The smallest absolute Gasteiger partial charge is 0.374 e. The molecule has 0 amide bonds. The van der Waals surface area contributed by atoms with Gasteiger partial charge < -0.3 is 14.6 Å². The minimum atomic E-state index is -1.12. The summed E-state index contributed by atoms with van der Waals surface area (Å²) in [5.74, 6) is -1.29. The number of benzene rings is 2. The monoisotopic (exact) mass is 278 g/mol. The SMILES string of the molecule is O=C(O)c1cc(-c2ccc3[nH]c4ccccc4c3c2)no1. The van der Waals surface area contributed by atoms with Crippen molar-refractivity contribution in [2.75, 3.05) is 0 Å². The molecular formula is C16H10N2O3. The van der Waals surface area contributed by atoms with E-state index in [0.29, 0.717) is 5.69 Å². The number of hydrogen-bond donors (Lipinski definition) is 2. The number of fused-ring (bicyclic) bond motifs is 3. The second-order valence-corrected chi connectivity index (χ2v) is 4.81. The predicted molar refractivity (Wildman–Crippen MR) is 78.3 cm³/mol. The Labute approximate surface area is 118 Å². The number of rotatable bonds is 2. The standard InChI is InChI=1S/C16H10N2O3/c19-16(20)15-8-14(18-21-15)9-5-6-13-11(7-9)10-3-1-2-4-12(10)17-13/h1-8,17H,(H,19,20). The van der Waals surface area contributed by atoms with Crippen LogP contribution in [0, 0.1) is 0 Å². The number of nitrogens with one attached hydrogen (secondary N) is 1. The van der Waals surface area contributed by atoms with Gasteiger partial charge in [0.15, 0.2) is 0 Å². The summed E-state index contributed by atoms with van der Waals surface area (Å²) in [6, 6.07) is 15.3. The van der Waals surface area contributed by atoms with Crippen LogP contribution in [0.2, 0.25) is 0 Å². The zero-order valence-electron chi connectivity index (χ0n) is 10.8. The lowest BCUT2D eigenvalue weighted by atomic mass is 10.1. The van der Waals surface area contributed by atoms with Crippen LogP contribution in [0.1, 0.15) is 10.6 Å². The molecule has 5 heteroatoms. The number of hydrogen-bond acceptors (Lipinski definition) is 3. The maximum atomic E-state index is 10.9. The van der Waals surface area contributed by atoms with Crippen molar-refractivity contribution < 1.29 is 14.4 Å². The van der Waals surface area contributed by atoms with Crippen molar-refractivity contribution >= 4 is 27.8 Å². The third-order valence-corrected chi connectivity index (χ3v) is 3.52. The topological polar surface area (TPSA) is 79.1 Å². The number of carbonyl (C=O) groups is 1. The first-order chi connectivity index (χ1) is 10.2. The summed E-state index contributed by atoms with van der Waals surface area (Å²) in [5.41, 5.74) is 3.43. The Morgan fingerprint density at radius 3 is 2.67 bits per heavy atom. The number of nitrogens with zero attached hydrogens (tertiary/aromatic N) is 1. The summed E-state index contributed by atoms with van der Waals surface area (Å²) in [6.45, 7) is 0. The van der Waals surface area contributed by atoms with Gasteiger partial charge in [-0.15, -0.1) is 0 Å². The van der Waals surface area contributed by atoms with Gasteiger partial charge in [0.05, 0.1) is 0 Å². The minimum absolute atomic E-state index is 0.163. The number of carboxylic acid groups (broad SMARTS) is 1. The lowest BCUT2D eigenvalue weighted by Gasteiger charge is -1.96. The number of carboxylic acids is 1. The lowest BCUT2D eigenvalue weighted by Crippen LogP contribution is -1.91. The number of para-hydroxylation sites is 1. The quantitative estimate of drug-likeness (QED) is 0.586. The van der Waals surface area contributed by atoms with Gasteiger partial charge in [0.2, 0.25) is 5.76 Å². The highest BCUT2D eigenvalue weighted by molar-refractivity contribution is 6.08. The van der Waals surface area contributed by atoms with Crippen molar-refractivity contribution in [1.29, 1.82) is 0 Å². The van der Waals surface area contributed by atoms with Crippen LogP contribution < -0.4 is 0 Å². The van der Waals surface area contributed by atoms with Crippen molar-refractivity contribution in [2.45, 2.75) is 0 Å². The van der Waals surface area contributed by atoms with E-state index in [4.69, 9.17) is 9.63 Å². The van der Waals surface area contributed by atoms with Crippen molar-refractivity contribution in [3.05, 3.63) is 54.3 Å². The number of aromatic carboxylic acids is 1. The molecule has 0 bridgehead atoms. The van der Waals surface area contributed by atoms with Crippen LogP contribution in [0.15, 0.2) is 53.1 Å². The Hall–Kier alpha value is -3.08. The molecule has 2 aromatic carbocycles. The molecule has 0 saturated heterocycles. The molecule has 4 aromatic rings. The average molecular weight is 278 g/mol. The largest absolute Gasteiger partial charge is 0.475 e. The van der Waals surface area contributed by atoms with Crippen molar-refractivity contribution in [3.8, 4) is 11.3 Å². The summed E-state index contributed by atoms with van der Waals surface area (Å²) in [6.07, 6.45) is 0. The molecule has 0 aliphatic carbocycles. The van der Waals surface area contributed by atoms with Gasteiger partial charge in [-0.25, -0.2) is 4.79 Å². The van der Waals surface area contributed by atoms with Gasteiger partial charge in [0.25, 0.3) is 0 Å². The van der Waals surface area contributed by atoms with Crippen molar-refractivity contribution in [2.24, 2.45) is 0 Å². The maximum absolute atomic E-state index is 10.9. The Kier molecular flexibility index (Phi) is 2.35. The maximum Gasteiger partial charge on any atom is 0.374 e. The Morgan fingerprint density at radius 1 is 1.05 bits per heavy atom. The van der Waals surface area contributed by atoms with Crippen LogP contribution in [0.4, 0.5) is 0 Å². The first kappa shape index (κ1) is 11.7. The molecular weight excluding hydrogens is 268 g/mol. The molecule has 0 fully saturated rings. The van der Waals surface area contributed by atoms with Gasteiger partial charge >= 0.3 is 5.97 Å². The van der Waals surface area contributed by atoms with Crippen LogP contribution in [-0.2, 0) is 0 Å². The molecule has 2 N–H and O–H groups in total. The highest BCUT2D eigenvalue weighted by atomic mass is 16.5. The van der Waals surface area contributed by atoms with Gasteiger partial charge in [0.1, 0.15) is 5.69 Å². The third kappa shape index (κ3) is 1.79. The Bertz CT molecular complexity index is 981. The third-order valence-electron chi connectivity index (χ3n) is 3.52. The molecule has 0 spiro atoms. The molecule has 2 aromatic heterocycles. The lowest BCUT2D eigenvalue weighted by molar-refractivity contribution is 0.0652. The van der Waals surface area contributed by atoms with Crippen LogP contribution in [0.5, 0.6) is 0 Å². The van der Waals surface area contributed by atoms with E-state index in [1.54, 1.807) is 0 Å². The second kappa shape index (κ2) is 4.21. The van der Waals surface area contributed by atoms with Gasteiger partial charge in [-0.1, -0.05) is 29.4 Å². The van der Waals surface area contributed by atoms with Crippen molar-refractivity contribution in [3.63, 3.8) is 0 Å². The molecule has 0 aliphatic heterocycles. The van der Waals surface area contributed by atoms with Gasteiger partial charge in [-0.3, -0.25) is 0 Å². The summed E-state index contributed by atoms with van der Waals surface area (Å²) >= 11 is 0.